The number of phenols is 2. The largest absolute Gasteiger partial charge is 0.508 e. The first-order valence-corrected chi connectivity index (χ1v) is 27.2. The number of unbranched alkanes of at least 4 members (excludes halogenated alkanes) is 4. The first kappa shape index (κ1) is 54.7. The fourth-order valence-corrected chi connectivity index (χ4v) is 11.0. The van der Waals surface area contributed by atoms with E-state index in [1.54, 1.807) is 84.3 Å². The van der Waals surface area contributed by atoms with Crippen molar-refractivity contribution in [3.8, 4) is 49.6 Å². The van der Waals surface area contributed by atoms with Crippen molar-refractivity contribution in [3.05, 3.63) is 143 Å². The van der Waals surface area contributed by atoms with E-state index in [2.05, 4.69) is 26.1 Å². The standard InChI is InChI=1S/C59H64N6O9S2/c1-36(39-17-19-40(20-18-39)53-37(2)60-35-75-53)62-57(71)49-31-45(68)34-65(49)58(72)55(59(3,4)5)63-51(69)14-9-7-6-8-10-29-73-46-26-15-38(16-27-46)33-61-64-56(70)42-12-11-13-47(30-42)74-52-48-28-25-44(67)32-50(48)76-54(52)41-21-23-43(66)24-22-41/h11-13,15-28,30,32-33,35-36,45,49,55,66-68H,6-10,14,29,31,34H2,1-5H3,(H,62,71)(H,63,69)(H,64,70)/b61-33+/t36-,45+,49-,55+/m0/s1. The van der Waals surface area contributed by atoms with E-state index < -0.39 is 29.5 Å². The van der Waals surface area contributed by atoms with Gasteiger partial charge >= 0.3 is 0 Å². The van der Waals surface area contributed by atoms with Crippen LogP contribution in [0.1, 0.15) is 106 Å². The van der Waals surface area contributed by atoms with Crippen LogP contribution < -0.4 is 25.5 Å². The number of benzene rings is 5. The summed E-state index contributed by atoms with van der Waals surface area (Å²) in [6.07, 6.45) is 5.20. The zero-order valence-electron chi connectivity index (χ0n) is 43.2. The number of nitrogens with one attached hydrogen (secondary N) is 3. The summed E-state index contributed by atoms with van der Waals surface area (Å²) in [6.45, 7) is 10.0. The summed E-state index contributed by atoms with van der Waals surface area (Å²) >= 11 is 3.02. The molecule has 4 atom stereocenters. The van der Waals surface area contributed by atoms with Crippen LogP contribution in [0.15, 0.2) is 126 Å². The number of hydrogen-bond acceptors (Lipinski definition) is 13. The number of β-amino-alcohol motifs (C(OH)–C–C–N with tert-alkyl or cyclic N) is 1. The number of nitrogens with zero attached hydrogens (tertiary/aromatic N) is 3. The summed E-state index contributed by atoms with van der Waals surface area (Å²) in [5.41, 5.74) is 8.61. The lowest BCUT2D eigenvalue weighted by atomic mass is 9.85. The summed E-state index contributed by atoms with van der Waals surface area (Å²) in [5.74, 6) is 0.602. The molecule has 0 bridgehead atoms. The molecule has 17 heteroatoms. The molecule has 0 aliphatic carbocycles. The van der Waals surface area contributed by atoms with E-state index in [0.29, 0.717) is 35.8 Å². The lowest BCUT2D eigenvalue weighted by Gasteiger charge is -2.35. The molecule has 15 nitrogen and oxygen atoms in total. The Morgan fingerprint density at radius 1 is 0.829 bits per heavy atom. The van der Waals surface area contributed by atoms with E-state index in [1.807, 2.05) is 88.7 Å². The number of fused-ring (bicyclic) bond motifs is 1. The highest BCUT2D eigenvalue weighted by atomic mass is 32.1. The number of hydrogen-bond donors (Lipinski definition) is 6. The molecule has 8 rings (SSSR count). The van der Waals surface area contributed by atoms with Crippen molar-refractivity contribution in [3.63, 3.8) is 0 Å². The Balaban J connectivity index is 0.730. The average Bonchev–Trinajstić information content (AvgIpc) is 4.13. The van der Waals surface area contributed by atoms with Crippen LogP contribution in [0, 0.1) is 12.3 Å². The SMILES string of the molecule is Cc1ncsc1-c1ccc([C@H](C)NC(=O)[C@@H]2C[C@@H](O)CN2C(=O)[C@@H](NC(=O)CCCCCCCOc2ccc(/C=N/NC(=O)c3cccc(Oc4c(-c5ccc(O)cc5)sc5cc(O)ccc45)c3)cc2)C(C)(C)C)cc1. The van der Waals surface area contributed by atoms with Gasteiger partial charge in [-0.05, 0) is 139 Å². The van der Waals surface area contributed by atoms with E-state index in [1.165, 1.54) is 16.2 Å². The molecule has 2 aromatic heterocycles. The summed E-state index contributed by atoms with van der Waals surface area (Å²) in [7, 11) is 0. The molecule has 1 aliphatic rings. The minimum Gasteiger partial charge on any atom is -0.508 e. The van der Waals surface area contributed by atoms with Crippen LogP contribution in [0.2, 0.25) is 0 Å². The number of aromatic nitrogens is 1. The molecule has 3 heterocycles. The zero-order valence-corrected chi connectivity index (χ0v) is 44.9. The first-order chi connectivity index (χ1) is 36.5. The quantitative estimate of drug-likeness (QED) is 0.0228. The average molecular weight is 1070 g/mol. The van der Waals surface area contributed by atoms with Gasteiger partial charge in [0, 0.05) is 35.0 Å². The smallest absolute Gasteiger partial charge is 0.271 e. The maximum atomic E-state index is 14.1. The van der Waals surface area contributed by atoms with Crippen LogP contribution in [0.25, 0.3) is 31.0 Å². The summed E-state index contributed by atoms with van der Waals surface area (Å²) < 4.78 is 13.2. The topological polar surface area (TPSA) is 212 Å². The van der Waals surface area contributed by atoms with Crippen molar-refractivity contribution in [1.29, 1.82) is 0 Å². The highest BCUT2D eigenvalue weighted by molar-refractivity contribution is 7.22. The molecule has 1 saturated heterocycles. The number of carbonyl (C=O) groups excluding carboxylic acids is 4. The molecule has 1 aliphatic heterocycles. The Hall–Kier alpha value is -7.60. The van der Waals surface area contributed by atoms with Gasteiger partial charge in [-0.1, -0.05) is 70.4 Å². The van der Waals surface area contributed by atoms with E-state index >= 15 is 0 Å². The second kappa shape index (κ2) is 24.8. The van der Waals surface area contributed by atoms with Crippen molar-refractivity contribution in [2.45, 2.75) is 104 Å². The number of aliphatic hydroxyl groups excluding tert-OH is 1. The van der Waals surface area contributed by atoms with E-state index in [0.717, 1.165) is 73.5 Å². The molecule has 4 amide bonds. The van der Waals surface area contributed by atoms with Crippen LogP contribution in [0.5, 0.6) is 28.7 Å². The van der Waals surface area contributed by atoms with Gasteiger partial charge in [0.25, 0.3) is 5.91 Å². The number of hydrazone groups is 1. The number of ether oxygens (including phenoxy) is 2. The van der Waals surface area contributed by atoms with E-state index in [-0.39, 0.29) is 54.6 Å². The molecule has 0 radical (unpaired) electrons. The number of thiazole rings is 1. The Morgan fingerprint density at radius 3 is 2.25 bits per heavy atom. The molecule has 0 unspecified atom stereocenters. The Kier molecular flexibility index (Phi) is 17.9. The number of likely N-dealkylation sites (tertiary alicyclic amines) is 1. The third-order valence-corrected chi connectivity index (χ3v) is 15.4. The van der Waals surface area contributed by atoms with Crippen molar-refractivity contribution in [2.24, 2.45) is 10.5 Å². The van der Waals surface area contributed by atoms with Gasteiger partial charge < -0.3 is 40.3 Å². The number of carbonyl (C=O) groups is 4. The summed E-state index contributed by atoms with van der Waals surface area (Å²) in [5, 5.41) is 41.6. The molecule has 0 saturated carbocycles. The van der Waals surface area contributed by atoms with Crippen molar-refractivity contribution < 1.29 is 44.0 Å². The molecule has 0 spiro atoms. The molecular formula is C59H64N6O9S2. The van der Waals surface area contributed by atoms with Gasteiger partial charge in [0.15, 0.2) is 5.75 Å². The van der Waals surface area contributed by atoms with Crippen LogP contribution in [0.4, 0.5) is 0 Å². The minimum atomic E-state index is -0.886. The first-order valence-electron chi connectivity index (χ1n) is 25.5. The molecule has 76 heavy (non-hydrogen) atoms. The van der Waals surface area contributed by atoms with Gasteiger partial charge in [0.05, 0.1) is 45.9 Å². The number of thiophene rings is 1. The van der Waals surface area contributed by atoms with Crippen LogP contribution in [-0.4, -0.2) is 86.4 Å². The van der Waals surface area contributed by atoms with Crippen molar-refractivity contribution in [2.75, 3.05) is 13.2 Å². The fourth-order valence-electron chi connectivity index (χ4n) is 9.02. The molecule has 1 fully saturated rings. The number of aliphatic hydroxyl groups is 1. The second-order valence-corrected chi connectivity index (χ2v) is 22.0. The molecule has 5 aromatic carbocycles. The summed E-state index contributed by atoms with van der Waals surface area (Å²) in [4.78, 5) is 61.8. The van der Waals surface area contributed by atoms with Gasteiger partial charge in [-0.25, -0.2) is 10.4 Å². The summed E-state index contributed by atoms with van der Waals surface area (Å²) in [6, 6.07) is 31.9. The second-order valence-electron chi connectivity index (χ2n) is 20.1. The van der Waals surface area contributed by atoms with Gasteiger partial charge in [-0.2, -0.15) is 5.10 Å². The predicted octanol–water partition coefficient (Wildman–Crippen LogP) is 11.1. The predicted molar refractivity (Wildman–Crippen MR) is 298 cm³/mol. The van der Waals surface area contributed by atoms with E-state index in [4.69, 9.17) is 9.47 Å². The van der Waals surface area contributed by atoms with Crippen molar-refractivity contribution >= 4 is 62.6 Å². The minimum absolute atomic E-state index is 0.00817. The maximum absolute atomic E-state index is 14.1. The molecular weight excluding hydrogens is 1000 g/mol. The monoisotopic (exact) mass is 1060 g/mol. The van der Waals surface area contributed by atoms with Crippen LogP contribution in [0.3, 0.4) is 0 Å². The fraction of sp³-hybridized carbons (Fsp3) is 0.322. The molecule has 396 valence electrons. The van der Waals surface area contributed by atoms with Crippen LogP contribution >= 0.6 is 22.7 Å². The van der Waals surface area contributed by atoms with Gasteiger partial charge in [0.1, 0.15) is 35.1 Å². The highest BCUT2D eigenvalue weighted by Gasteiger charge is 2.44. The Morgan fingerprint density at radius 2 is 1.53 bits per heavy atom. The number of aryl methyl sites for hydroxylation is 1. The maximum Gasteiger partial charge on any atom is 0.271 e. The van der Waals surface area contributed by atoms with Crippen LogP contribution in [-0.2, 0) is 14.4 Å². The third-order valence-electron chi connectivity index (χ3n) is 13.2. The third kappa shape index (κ3) is 14.0. The normalized spacial score (nSPS) is 15.4. The van der Waals surface area contributed by atoms with Gasteiger partial charge in [0.2, 0.25) is 17.7 Å². The number of phenolic OH excluding ortho intramolecular Hbond substituents is 2. The van der Waals surface area contributed by atoms with E-state index in [9.17, 15) is 34.5 Å². The lowest BCUT2D eigenvalue weighted by molar-refractivity contribution is -0.144. The number of rotatable bonds is 21. The zero-order chi connectivity index (χ0) is 53.9. The number of aromatic hydroxyl groups is 2. The Labute approximate surface area is 450 Å². The lowest BCUT2D eigenvalue weighted by Crippen LogP contribution is -2.57. The van der Waals surface area contributed by atoms with Crippen molar-refractivity contribution in [1.82, 2.24) is 25.9 Å². The Bertz CT molecular complexity index is 3170. The number of amides is 4. The highest BCUT2D eigenvalue weighted by Crippen LogP contribution is 2.47. The molecule has 7 aromatic rings. The van der Waals surface area contributed by atoms with Gasteiger partial charge in [-0.3, -0.25) is 19.2 Å². The molecule has 6 N–H and O–H groups in total. The van der Waals surface area contributed by atoms with Gasteiger partial charge in [-0.15, -0.1) is 22.7 Å².